The van der Waals surface area contributed by atoms with Gasteiger partial charge in [-0.25, -0.2) is 12.8 Å². The highest BCUT2D eigenvalue weighted by molar-refractivity contribution is 7.91. The summed E-state index contributed by atoms with van der Waals surface area (Å²) in [5.74, 6) is -1.24. The second-order valence-corrected chi connectivity index (χ2v) is 9.46. The van der Waals surface area contributed by atoms with Crippen molar-refractivity contribution in [3.63, 3.8) is 0 Å². The van der Waals surface area contributed by atoms with Crippen LogP contribution in [0.1, 0.15) is 10.8 Å². The number of rotatable bonds is 4. The lowest BCUT2D eigenvalue weighted by Crippen LogP contribution is -2.49. The standard InChI is InChI=1S/C19H18ClFNO4PS/c1-3-16(23)22(2)14-10-26-18-13(21)8-9-15(27)17(18)19(14)28(24,25)12-6-4-11(20)5-7-12/h3-9,14,19H,1,10,27H2,2H3/t14-,19+/m0/s1. The van der Waals surface area contributed by atoms with Crippen LogP contribution < -0.4 is 10.0 Å². The zero-order valence-corrected chi connectivity index (χ0v) is 17.7. The fourth-order valence-corrected chi connectivity index (χ4v) is 5.92. The topological polar surface area (TPSA) is 63.7 Å². The summed E-state index contributed by atoms with van der Waals surface area (Å²) in [7, 11) is -0.141. The quantitative estimate of drug-likeness (QED) is 0.540. The zero-order valence-electron chi connectivity index (χ0n) is 14.9. The number of benzene rings is 2. The normalized spacial score (nSPS) is 18.7. The Morgan fingerprint density at radius 1 is 1.32 bits per heavy atom. The molecule has 1 aliphatic heterocycles. The fraction of sp³-hybridized carbons (Fsp3) is 0.211. The van der Waals surface area contributed by atoms with Gasteiger partial charge in [-0.15, -0.1) is 9.24 Å². The predicted octanol–water partition coefficient (Wildman–Crippen LogP) is 2.90. The summed E-state index contributed by atoms with van der Waals surface area (Å²) in [6.07, 6.45) is 1.09. The van der Waals surface area contributed by atoms with Crippen molar-refractivity contribution in [3.8, 4) is 5.75 Å². The molecule has 5 nitrogen and oxygen atoms in total. The molecule has 0 N–H and O–H groups in total. The molecule has 0 aliphatic carbocycles. The van der Waals surface area contributed by atoms with Gasteiger partial charge < -0.3 is 9.64 Å². The van der Waals surface area contributed by atoms with Gasteiger partial charge in [0.2, 0.25) is 5.91 Å². The summed E-state index contributed by atoms with van der Waals surface area (Å²) in [5.41, 5.74) is 0.180. The predicted molar refractivity (Wildman–Crippen MR) is 109 cm³/mol. The molecule has 0 saturated heterocycles. The average molecular weight is 442 g/mol. The van der Waals surface area contributed by atoms with Gasteiger partial charge in [0.25, 0.3) is 0 Å². The van der Waals surface area contributed by atoms with Crippen LogP contribution in [0.25, 0.3) is 0 Å². The molecule has 28 heavy (non-hydrogen) atoms. The number of ether oxygens (including phenoxy) is 1. The van der Waals surface area contributed by atoms with Gasteiger partial charge >= 0.3 is 0 Å². The highest BCUT2D eigenvalue weighted by Crippen LogP contribution is 2.43. The SMILES string of the molecule is C=CC(=O)N(C)[C@H]1COc2c(F)ccc(P)c2[C@@H]1S(=O)(=O)c1ccc(Cl)cc1. The van der Waals surface area contributed by atoms with E-state index in [0.29, 0.717) is 10.3 Å². The molecule has 1 amide bonds. The van der Waals surface area contributed by atoms with E-state index in [4.69, 9.17) is 16.3 Å². The lowest BCUT2D eigenvalue weighted by atomic mass is 10.00. The lowest BCUT2D eigenvalue weighted by molar-refractivity contribution is -0.127. The first-order chi connectivity index (χ1) is 13.2. The summed E-state index contributed by atoms with van der Waals surface area (Å²) in [6, 6.07) is 7.52. The van der Waals surface area contributed by atoms with Crippen LogP contribution in [0.2, 0.25) is 5.02 Å². The molecule has 0 bridgehead atoms. The third-order valence-electron chi connectivity index (χ3n) is 4.71. The number of sulfone groups is 1. The molecular formula is C19H18ClFNO4PS. The minimum atomic E-state index is -4.01. The number of fused-ring (bicyclic) bond motifs is 1. The Bertz CT molecular complexity index is 1040. The Labute approximate surface area is 170 Å². The molecule has 2 aromatic carbocycles. The van der Waals surface area contributed by atoms with Gasteiger partial charge in [-0.3, -0.25) is 4.79 Å². The highest BCUT2D eigenvalue weighted by Gasteiger charge is 2.45. The second kappa shape index (κ2) is 7.82. The molecule has 3 rings (SSSR count). The zero-order chi connectivity index (χ0) is 20.6. The lowest BCUT2D eigenvalue weighted by Gasteiger charge is -2.38. The molecule has 9 heteroatoms. The van der Waals surface area contributed by atoms with Gasteiger partial charge in [0, 0.05) is 17.6 Å². The van der Waals surface area contributed by atoms with Crippen molar-refractivity contribution < 1.29 is 22.3 Å². The summed E-state index contributed by atoms with van der Waals surface area (Å²) in [4.78, 5) is 13.5. The van der Waals surface area contributed by atoms with Crippen LogP contribution in [0, 0.1) is 5.82 Å². The van der Waals surface area contributed by atoms with Crippen molar-refractivity contribution in [1.82, 2.24) is 4.90 Å². The van der Waals surface area contributed by atoms with Gasteiger partial charge in [-0.1, -0.05) is 24.2 Å². The summed E-state index contributed by atoms with van der Waals surface area (Å²) in [5, 5.41) is -0.364. The fourth-order valence-electron chi connectivity index (χ4n) is 3.23. The molecule has 1 heterocycles. The molecular weight excluding hydrogens is 424 g/mol. The van der Waals surface area contributed by atoms with Crippen LogP contribution in [0.3, 0.4) is 0 Å². The minimum absolute atomic E-state index is 0.0212. The van der Waals surface area contributed by atoms with Crippen LogP contribution in [0.5, 0.6) is 5.75 Å². The Balaban J connectivity index is 2.25. The van der Waals surface area contributed by atoms with Crippen molar-refractivity contribution in [3.05, 3.63) is 65.5 Å². The largest absolute Gasteiger partial charge is 0.488 e. The number of nitrogens with zero attached hydrogens (tertiary/aromatic N) is 1. The smallest absolute Gasteiger partial charge is 0.246 e. The van der Waals surface area contributed by atoms with Crippen molar-refractivity contribution >= 4 is 41.9 Å². The maximum atomic E-state index is 14.4. The molecule has 3 atom stereocenters. The van der Waals surface area contributed by atoms with E-state index in [1.807, 2.05) is 0 Å². The van der Waals surface area contributed by atoms with Gasteiger partial charge in [0.15, 0.2) is 21.4 Å². The molecule has 0 aromatic heterocycles. The van der Waals surface area contributed by atoms with Crippen LogP contribution >= 0.6 is 20.8 Å². The molecule has 0 spiro atoms. The number of halogens is 2. The van der Waals surface area contributed by atoms with Crippen molar-refractivity contribution in [2.24, 2.45) is 0 Å². The number of carbonyl (C=O) groups excluding carboxylic acids is 1. The summed E-state index contributed by atoms with van der Waals surface area (Å²) < 4.78 is 47.0. The van der Waals surface area contributed by atoms with E-state index in [1.165, 1.54) is 48.3 Å². The van der Waals surface area contributed by atoms with E-state index in [-0.39, 0.29) is 22.8 Å². The van der Waals surface area contributed by atoms with Crippen LogP contribution in [-0.2, 0) is 14.6 Å². The van der Waals surface area contributed by atoms with Gasteiger partial charge in [-0.05, 0) is 41.7 Å². The van der Waals surface area contributed by atoms with Crippen LogP contribution in [0.4, 0.5) is 4.39 Å². The maximum Gasteiger partial charge on any atom is 0.246 e. The van der Waals surface area contributed by atoms with Gasteiger partial charge in [-0.2, -0.15) is 0 Å². The monoisotopic (exact) mass is 441 g/mol. The van der Waals surface area contributed by atoms with Crippen LogP contribution in [-0.4, -0.2) is 38.9 Å². The van der Waals surface area contributed by atoms with E-state index >= 15 is 0 Å². The Morgan fingerprint density at radius 3 is 2.57 bits per heavy atom. The first-order valence-electron chi connectivity index (χ1n) is 8.27. The van der Waals surface area contributed by atoms with E-state index in [1.54, 1.807) is 0 Å². The first kappa shape index (κ1) is 20.8. The number of amides is 1. The second-order valence-electron chi connectivity index (χ2n) is 6.33. The number of carbonyl (C=O) groups is 1. The Kier molecular flexibility index (Phi) is 5.80. The molecule has 1 aliphatic rings. The van der Waals surface area contributed by atoms with Crippen molar-refractivity contribution in [1.29, 1.82) is 0 Å². The Hall–Kier alpha value is -1.95. The minimum Gasteiger partial charge on any atom is -0.488 e. The molecule has 1 unspecified atom stereocenters. The van der Waals surface area contributed by atoms with E-state index < -0.39 is 32.9 Å². The summed E-state index contributed by atoms with van der Waals surface area (Å²) >= 11 is 5.88. The molecule has 0 fully saturated rings. The van der Waals surface area contributed by atoms with Gasteiger partial charge in [0.05, 0.1) is 10.9 Å². The van der Waals surface area contributed by atoms with Crippen LogP contribution in [0.15, 0.2) is 53.9 Å². The Morgan fingerprint density at radius 2 is 1.96 bits per heavy atom. The van der Waals surface area contributed by atoms with E-state index in [9.17, 15) is 17.6 Å². The van der Waals surface area contributed by atoms with E-state index in [0.717, 1.165) is 6.08 Å². The van der Waals surface area contributed by atoms with Crippen molar-refractivity contribution in [2.75, 3.05) is 13.7 Å². The summed E-state index contributed by atoms with van der Waals surface area (Å²) in [6.45, 7) is 3.27. The third kappa shape index (κ3) is 3.54. The molecule has 148 valence electrons. The molecule has 2 aromatic rings. The van der Waals surface area contributed by atoms with E-state index in [2.05, 4.69) is 15.8 Å². The first-order valence-corrected chi connectivity index (χ1v) is 10.8. The molecule has 0 radical (unpaired) electrons. The third-order valence-corrected chi connectivity index (χ3v) is 7.61. The highest BCUT2D eigenvalue weighted by atomic mass is 35.5. The number of hydrogen-bond acceptors (Lipinski definition) is 4. The maximum absolute atomic E-state index is 14.4. The molecule has 0 saturated carbocycles. The number of hydrogen-bond donors (Lipinski definition) is 0. The number of likely N-dealkylation sites (N-methyl/N-ethyl adjacent to an activating group) is 1. The van der Waals surface area contributed by atoms with Crippen molar-refractivity contribution in [2.45, 2.75) is 16.2 Å². The van der Waals surface area contributed by atoms with Gasteiger partial charge in [0.1, 0.15) is 11.9 Å². The average Bonchev–Trinajstić information content (AvgIpc) is 2.69.